The summed E-state index contributed by atoms with van der Waals surface area (Å²) in [6, 6.07) is 11.6. The first-order chi connectivity index (χ1) is 15.0. The third kappa shape index (κ3) is 4.86. The molecule has 0 saturated carbocycles. The zero-order valence-electron chi connectivity index (χ0n) is 16.6. The summed E-state index contributed by atoms with van der Waals surface area (Å²) in [6.45, 7) is 2.53. The van der Waals surface area contributed by atoms with Gasteiger partial charge < -0.3 is 9.47 Å². The summed E-state index contributed by atoms with van der Waals surface area (Å²) in [7, 11) is 0. The first kappa shape index (κ1) is 21.3. The van der Waals surface area contributed by atoms with E-state index in [2.05, 4.69) is 4.98 Å². The highest BCUT2D eigenvalue weighted by Gasteiger charge is 2.38. The highest BCUT2D eigenvalue weighted by molar-refractivity contribution is 8.19. The number of carbonyl (C=O) groups is 1. The molecule has 1 aliphatic heterocycles. The Balaban J connectivity index is 1.54. The van der Waals surface area contributed by atoms with E-state index < -0.39 is 5.92 Å². The Morgan fingerprint density at radius 3 is 2.81 bits per heavy atom. The standard InChI is InChI=1S/C23H19FN2O3S2/c1-2-28-18-11-14(6-7-17(18)29-13-15-4-3-5-16(24)10-15)12-19-21(27)20(22(25)31-19)23-26-8-9-30-23/h3-12,20,25H,2,13H2,1H3/b19-12-,25-22?/t20-/m0/s1. The molecule has 1 fully saturated rings. The summed E-state index contributed by atoms with van der Waals surface area (Å²) in [5.74, 6) is 0.0293. The number of ether oxygens (including phenoxy) is 2. The molecule has 2 aromatic carbocycles. The second kappa shape index (κ2) is 9.45. The molecular weight excluding hydrogens is 435 g/mol. The van der Waals surface area contributed by atoms with E-state index in [1.165, 1.54) is 23.5 Å². The van der Waals surface area contributed by atoms with Gasteiger partial charge in [0.2, 0.25) is 0 Å². The molecule has 158 valence electrons. The number of rotatable bonds is 7. The van der Waals surface area contributed by atoms with E-state index in [0.29, 0.717) is 33.6 Å². The van der Waals surface area contributed by atoms with Crippen molar-refractivity contribution in [1.82, 2.24) is 4.98 Å². The number of benzene rings is 2. The third-order valence-electron chi connectivity index (χ3n) is 4.53. The number of nitrogens with zero attached hydrogens (tertiary/aromatic N) is 1. The van der Waals surface area contributed by atoms with Crippen LogP contribution in [-0.2, 0) is 11.4 Å². The molecule has 1 aromatic heterocycles. The predicted molar refractivity (Wildman–Crippen MR) is 121 cm³/mol. The second-order valence-corrected chi connectivity index (χ2v) is 8.71. The molecule has 5 nitrogen and oxygen atoms in total. The van der Waals surface area contributed by atoms with Crippen LogP contribution in [0.3, 0.4) is 0 Å². The number of aromatic nitrogens is 1. The van der Waals surface area contributed by atoms with Gasteiger partial charge in [0.1, 0.15) is 23.3 Å². The van der Waals surface area contributed by atoms with Crippen LogP contribution < -0.4 is 9.47 Å². The number of nitrogens with one attached hydrogen (secondary N) is 1. The quantitative estimate of drug-likeness (QED) is 0.465. The third-order valence-corrected chi connectivity index (χ3v) is 6.37. The Kier molecular flexibility index (Phi) is 6.48. The van der Waals surface area contributed by atoms with Gasteiger partial charge in [-0.15, -0.1) is 11.3 Å². The number of carbonyl (C=O) groups excluding carboxylic acids is 1. The van der Waals surface area contributed by atoms with E-state index in [0.717, 1.165) is 17.3 Å². The van der Waals surface area contributed by atoms with Gasteiger partial charge in [-0.3, -0.25) is 10.2 Å². The second-order valence-electron chi connectivity index (χ2n) is 6.70. The van der Waals surface area contributed by atoms with E-state index in [-0.39, 0.29) is 23.3 Å². The minimum absolute atomic E-state index is 0.116. The normalized spacial score (nSPS) is 17.4. The highest BCUT2D eigenvalue weighted by Crippen LogP contribution is 2.41. The summed E-state index contributed by atoms with van der Waals surface area (Å²) in [4.78, 5) is 17.5. The van der Waals surface area contributed by atoms with E-state index in [1.807, 2.05) is 13.0 Å². The molecule has 0 aliphatic carbocycles. The molecule has 0 amide bonds. The first-order valence-electron chi connectivity index (χ1n) is 9.61. The fourth-order valence-electron chi connectivity index (χ4n) is 3.13. The maximum absolute atomic E-state index is 13.4. The predicted octanol–water partition coefficient (Wildman–Crippen LogP) is 5.68. The molecule has 31 heavy (non-hydrogen) atoms. The van der Waals surface area contributed by atoms with Crippen LogP contribution in [0.2, 0.25) is 0 Å². The minimum atomic E-state index is -0.614. The van der Waals surface area contributed by atoms with Crippen LogP contribution in [0.4, 0.5) is 4.39 Å². The lowest BCUT2D eigenvalue weighted by Gasteiger charge is -2.13. The summed E-state index contributed by atoms with van der Waals surface area (Å²) in [5, 5.41) is 10.9. The van der Waals surface area contributed by atoms with Gasteiger partial charge in [0.15, 0.2) is 17.3 Å². The van der Waals surface area contributed by atoms with Crippen molar-refractivity contribution in [3.8, 4) is 11.5 Å². The smallest absolute Gasteiger partial charge is 0.186 e. The van der Waals surface area contributed by atoms with Gasteiger partial charge in [-0.05, 0) is 48.4 Å². The zero-order chi connectivity index (χ0) is 21.8. The fourth-order valence-corrected chi connectivity index (χ4v) is 4.94. The number of hydrogen-bond donors (Lipinski definition) is 1. The van der Waals surface area contributed by atoms with Crippen LogP contribution in [0, 0.1) is 11.2 Å². The molecular formula is C23H19FN2O3S2. The van der Waals surface area contributed by atoms with Crippen molar-refractivity contribution in [3.05, 3.63) is 80.9 Å². The van der Waals surface area contributed by atoms with Crippen molar-refractivity contribution in [2.24, 2.45) is 0 Å². The average Bonchev–Trinajstić information content (AvgIpc) is 3.36. The number of allylic oxidation sites excluding steroid dienone is 1. The van der Waals surface area contributed by atoms with E-state index in [4.69, 9.17) is 14.9 Å². The van der Waals surface area contributed by atoms with Gasteiger partial charge in [0.05, 0.1) is 16.6 Å². The zero-order valence-corrected chi connectivity index (χ0v) is 18.3. The lowest BCUT2D eigenvalue weighted by Crippen LogP contribution is -2.11. The first-order valence-corrected chi connectivity index (χ1v) is 11.3. The largest absolute Gasteiger partial charge is 0.490 e. The summed E-state index contributed by atoms with van der Waals surface area (Å²) in [6.07, 6.45) is 3.40. The Bertz CT molecular complexity index is 1150. The van der Waals surface area contributed by atoms with Crippen LogP contribution in [0.15, 0.2) is 58.9 Å². The lowest BCUT2D eigenvalue weighted by atomic mass is 10.0. The van der Waals surface area contributed by atoms with Crippen molar-refractivity contribution in [2.75, 3.05) is 6.61 Å². The molecule has 2 heterocycles. The average molecular weight is 455 g/mol. The number of Topliss-reactive ketones (excluding diaryl/α,β-unsaturated/α-hetero) is 1. The van der Waals surface area contributed by atoms with Crippen LogP contribution in [0.25, 0.3) is 6.08 Å². The molecule has 0 radical (unpaired) electrons. The summed E-state index contributed by atoms with van der Waals surface area (Å²) < 4.78 is 24.9. The highest BCUT2D eigenvalue weighted by atomic mass is 32.2. The molecule has 3 aromatic rings. The van der Waals surface area contributed by atoms with Gasteiger partial charge >= 0.3 is 0 Å². The van der Waals surface area contributed by atoms with Crippen LogP contribution in [0.1, 0.15) is 29.0 Å². The SMILES string of the molecule is CCOc1cc(/C=C2\SC(=N)[C@@H](c3nccs3)C2=O)ccc1OCc1cccc(F)c1. The summed E-state index contributed by atoms with van der Waals surface area (Å²) >= 11 is 2.54. The van der Waals surface area contributed by atoms with Gasteiger partial charge in [0, 0.05) is 11.6 Å². The number of ketones is 1. The van der Waals surface area contributed by atoms with Gasteiger partial charge in [-0.1, -0.05) is 30.0 Å². The maximum Gasteiger partial charge on any atom is 0.186 e. The molecule has 4 rings (SSSR count). The topological polar surface area (TPSA) is 72.3 Å². The van der Waals surface area contributed by atoms with E-state index >= 15 is 0 Å². The Labute approximate surface area is 187 Å². The Hall–Kier alpha value is -2.97. The fraction of sp³-hybridized carbons (Fsp3) is 0.174. The molecule has 1 atom stereocenters. The number of thiazole rings is 1. The maximum atomic E-state index is 13.4. The Morgan fingerprint density at radius 1 is 1.19 bits per heavy atom. The van der Waals surface area contributed by atoms with Gasteiger partial charge in [-0.2, -0.15) is 0 Å². The molecule has 0 unspecified atom stereocenters. The molecule has 1 aliphatic rings. The number of halogens is 1. The van der Waals surface area contributed by atoms with Gasteiger partial charge in [-0.25, -0.2) is 9.37 Å². The minimum Gasteiger partial charge on any atom is -0.490 e. The number of thioether (sulfide) groups is 1. The Morgan fingerprint density at radius 2 is 2.06 bits per heavy atom. The van der Waals surface area contributed by atoms with Crippen molar-refractivity contribution in [1.29, 1.82) is 5.41 Å². The summed E-state index contributed by atoms with van der Waals surface area (Å²) in [5.41, 5.74) is 1.48. The molecule has 0 spiro atoms. The molecule has 1 saturated heterocycles. The van der Waals surface area contributed by atoms with E-state index in [9.17, 15) is 9.18 Å². The van der Waals surface area contributed by atoms with Crippen molar-refractivity contribution < 1.29 is 18.7 Å². The van der Waals surface area contributed by atoms with Crippen molar-refractivity contribution >= 4 is 40.0 Å². The molecule has 8 heteroatoms. The molecule has 0 bridgehead atoms. The molecule has 1 N–H and O–H groups in total. The van der Waals surface area contributed by atoms with Gasteiger partial charge in [0.25, 0.3) is 0 Å². The van der Waals surface area contributed by atoms with Crippen LogP contribution >= 0.6 is 23.1 Å². The van der Waals surface area contributed by atoms with E-state index in [1.54, 1.807) is 41.9 Å². The van der Waals surface area contributed by atoms with Crippen LogP contribution in [-0.4, -0.2) is 22.4 Å². The van der Waals surface area contributed by atoms with Crippen LogP contribution in [0.5, 0.6) is 11.5 Å². The number of hydrogen-bond acceptors (Lipinski definition) is 7. The van der Waals surface area contributed by atoms with Crippen molar-refractivity contribution in [2.45, 2.75) is 19.4 Å². The monoisotopic (exact) mass is 454 g/mol. The lowest BCUT2D eigenvalue weighted by molar-refractivity contribution is -0.114. The van der Waals surface area contributed by atoms with Crippen molar-refractivity contribution in [3.63, 3.8) is 0 Å².